The molecule has 22 heavy (non-hydrogen) atoms. The quantitative estimate of drug-likeness (QED) is 0.511. The van der Waals surface area contributed by atoms with E-state index < -0.39 is 0 Å². The zero-order valence-electron chi connectivity index (χ0n) is 12.9. The first-order valence-electron chi connectivity index (χ1n) is 6.79. The molecule has 2 unspecified atom stereocenters. The van der Waals surface area contributed by atoms with Crippen LogP contribution in [-0.2, 0) is 23.8 Å². The molecule has 0 bridgehead atoms. The molecular weight excluding hydrogens is 286 g/mol. The third-order valence-corrected chi connectivity index (χ3v) is 2.81. The minimum Gasteiger partial charge on any atom is -0.469 e. The van der Waals surface area contributed by atoms with Gasteiger partial charge in [0, 0.05) is 19.5 Å². The van der Waals surface area contributed by atoms with E-state index >= 15 is 0 Å². The first-order chi connectivity index (χ1) is 10.4. The second-order valence-electron chi connectivity index (χ2n) is 4.65. The maximum atomic E-state index is 10.8. The predicted octanol–water partition coefficient (Wildman–Crippen LogP) is 2.01. The summed E-state index contributed by atoms with van der Waals surface area (Å²) < 4.78 is 14.7. The van der Waals surface area contributed by atoms with Crippen LogP contribution >= 0.6 is 0 Å². The van der Waals surface area contributed by atoms with Gasteiger partial charge in [-0.3, -0.25) is 9.59 Å². The summed E-state index contributed by atoms with van der Waals surface area (Å²) in [5.74, 6) is -0.542. The summed E-state index contributed by atoms with van der Waals surface area (Å²) in [4.78, 5) is 20.4. The molecule has 0 spiro atoms. The summed E-state index contributed by atoms with van der Waals surface area (Å²) in [5, 5.41) is 0. The predicted molar refractivity (Wildman–Crippen MR) is 81.9 cm³/mol. The lowest BCUT2D eigenvalue weighted by molar-refractivity contribution is -0.148. The van der Waals surface area contributed by atoms with Crippen molar-refractivity contribution >= 4 is 17.6 Å². The maximum Gasteiger partial charge on any atom is 0.303 e. The third kappa shape index (κ3) is 6.41. The molecule has 0 saturated carbocycles. The van der Waals surface area contributed by atoms with Crippen molar-refractivity contribution in [3.05, 3.63) is 42.0 Å². The second kappa shape index (κ2) is 8.84. The fourth-order valence-corrected chi connectivity index (χ4v) is 1.71. The summed E-state index contributed by atoms with van der Waals surface area (Å²) in [6.45, 7) is 3.13. The van der Waals surface area contributed by atoms with Gasteiger partial charge in [-0.1, -0.05) is 18.2 Å². The van der Waals surface area contributed by atoms with E-state index in [9.17, 15) is 9.59 Å². The van der Waals surface area contributed by atoms with E-state index in [0.29, 0.717) is 6.61 Å². The summed E-state index contributed by atoms with van der Waals surface area (Å²) in [6, 6.07) is 7.53. The Balaban J connectivity index is 0.000000422. The van der Waals surface area contributed by atoms with Gasteiger partial charge in [0.15, 0.2) is 0 Å². The summed E-state index contributed by atoms with van der Waals surface area (Å²) in [5.41, 5.74) is 7.38. The van der Waals surface area contributed by atoms with Crippen molar-refractivity contribution in [3.63, 3.8) is 0 Å². The molecule has 6 heteroatoms. The SMILES string of the molecule is CC(=O)OC1C=CC(c2ccc(N)cc2)OC1.COC(C)=O. The molecule has 0 fully saturated rings. The van der Waals surface area contributed by atoms with Gasteiger partial charge in [0.25, 0.3) is 0 Å². The highest BCUT2D eigenvalue weighted by Gasteiger charge is 2.19. The number of nitrogen functional groups attached to an aromatic ring is 1. The van der Waals surface area contributed by atoms with Crippen LogP contribution in [-0.4, -0.2) is 31.8 Å². The van der Waals surface area contributed by atoms with Crippen LogP contribution in [0, 0.1) is 0 Å². The van der Waals surface area contributed by atoms with E-state index in [1.807, 2.05) is 36.4 Å². The molecule has 120 valence electrons. The fourth-order valence-electron chi connectivity index (χ4n) is 1.71. The monoisotopic (exact) mass is 307 g/mol. The van der Waals surface area contributed by atoms with Gasteiger partial charge in [-0.25, -0.2) is 0 Å². The van der Waals surface area contributed by atoms with Crippen molar-refractivity contribution in [1.29, 1.82) is 0 Å². The Morgan fingerprint density at radius 1 is 1.14 bits per heavy atom. The summed E-state index contributed by atoms with van der Waals surface area (Å²) in [6.07, 6.45) is 3.37. The average Bonchev–Trinajstić information content (AvgIpc) is 2.49. The minimum absolute atomic E-state index is 0.0950. The van der Waals surface area contributed by atoms with E-state index in [1.165, 1.54) is 21.0 Å². The molecule has 0 radical (unpaired) electrons. The molecule has 0 aliphatic carbocycles. The van der Waals surface area contributed by atoms with Crippen LogP contribution in [0.3, 0.4) is 0 Å². The van der Waals surface area contributed by atoms with Gasteiger partial charge >= 0.3 is 11.9 Å². The number of carbonyl (C=O) groups excluding carboxylic acids is 2. The van der Waals surface area contributed by atoms with Gasteiger partial charge in [-0.05, 0) is 23.8 Å². The zero-order valence-corrected chi connectivity index (χ0v) is 12.9. The van der Waals surface area contributed by atoms with Crippen LogP contribution in [0.15, 0.2) is 36.4 Å². The Bertz CT molecular complexity index is 524. The molecule has 2 rings (SSSR count). The number of hydrogen-bond donors (Lipinski definition) is 1. The highest BCUT2D eigenvalue weighted by molar-refractivity contribution is 5.66. The van der Waals surface area contributed by atoms with Gasteiger partial charge in [-0.15, -0.1) is 0 Å². The number of nitrogens with two attached hydrogens (primary N) is 1. The lowest BCUT2D eigenvalue weighted by Crippen LogP contribution is -2.24. The normalized spacial score (nSPS) is 19.6. The second-order valence-corrected chi connectivity index (χ2v) is 4.65. The molecule has 1 aromatic carbocycles. The van der Waals surface area contributed by atoms with Gasteiger partial charge in [0.1, 0.15) is 12.2 Å². The maximum absolute atomic E-state index is 10.8. The van der Waals surface area contributed by atoms with Crippen LogP contribution in [0.2, 0.25) is 0 Å². The van der Waals surface area contributed by atoms with E-state index in [0.717, 1.165) is 11.3 Å². The molecule has 0 aromatic heterocycles. The van der Waals surface area contributed by atoms with Crippen LogP contribution < -0.4 is 5.73 Å². The first kappa shape index (κ1) is 17.7. The number of rotatable bonds is 2. The number of ether oxygens (including phenoxy) is 3. The standard InChI is InChI=1S/C13H15NO3.C3H6O2/c1-9(15)17-12-6-7-13(16-8-12)10-2-4-11(14)5-3-10;1-3(4)5-2/h2-7,12-13H,8,14H2,1H3;1-2H3. The molecule has 0 saturated heterocycles. The molecule has 0 amide bonds. The van der Waals surface area contributed by atoms with Crippen LogP contribution in [0.1, 0.15) is 25.5 Å². The van der Waals surface area contributed by atoms with E-state index in [-0.39, 0.29) is 24.1 Å². The van der Waals surface area contributed by atoms with Gasteiger partial charge < -0.3 is 19.9 Å². The summed E-state index contributed by atoms with van der Waals surface area (Å²) >= 11 is 0. The Hall–Kier alpha value is -2.34. The average molecular weight is 307 g/mol. The number of esters is 2. The van der Waals surface area contributed by atoms with Crippen molar-refractivity contribution < 1.29 is 23.8 Å². The molecule has 6 nitrogen and oxygen atoms in total. The van der Waals surface area contributed by atoms with Crippen LogP contribution in [0.4, 0.5) is 5.69 Å². The Labute approximate surface area is 129 Å². The Kier molecular flexibility index (Phi) is 7.12. The van der Waals surface area contributed by atoms with Gasteiger partial charge in [-0.2, -0.15) is 0 Å². The largest absolute Gasteiger partial charge is 0.469 e. The number of benzene rings is 1. The van der Waals surface area contributed by atoms with E-state index in [4.69, 9.17) is 15.2 Å². The van der Waals surface area contributed by atoms with Crippen molar-refractivity contribution in [2.24, 2.45) is 0 Å². The number of hydrogen-bond acceptors (Lipinski definition) is 6. The highest BCUT2D eigenvalue weighted by atomic mass is 16.6. The molecule has 2 N–H and O–H groups in total. The minimum atomic E-state index is -0.297. The van der Waals surface area contributed by atoms with Gasteiger partial charge in [0.05, 0.1) is 13.7 Å². The van der Waals surface area contributed by atoms with E-state index in [1.54, 1.807) is 0 Å². The Morgan fingerprint density at radius 2 is 1.73 bits per heavy atom. The molecule has 1 aliphatic heterocycles. The van der Waals surface area contributed by atoms with Gasteiger partial charge in [0.2, 0.25) is 0 Å². The lowest BCUT2D eigenvalue weighted by Gasteiger charge is -2.23. The molecule has 1 aliphatic rings. The van der Waals surface area contributed by atoms with Crippen molar-refractivity contribution in [3.8, 4) is 0 Å². The van der Waals surface area contributed by atoms with Crippen LogP contribution in [0.5, 0.6) is 0 Å². The van der Waals surface area contributed by atoms with Crippen molar-refractivity contribution in [2.75, 3.05) is 19.5 Å². The number of anilines is 1. The lowest BCUT2D eigenvalue weighted by atomic mass is 10.1. The molecule has 1 aromatic rings. The molecular formula is C16H21NO5. The first-order valence-corrected chi connectivity index (χ1v) is 6.79. The Morgan fingerprint density at radius 3 is 2.14 bits per heavy atom. The van der Waals surface area contributed by atoms with E-state index in [2.05, 4.69) is 4.74 Å². The molecule has 1 heterocycles. The summed E-state index contributed by atoms with van der Waals surface area (Å²) in [7, 11) is 1.35. The number of carbonyl (C=O) groups is 2. The van der Waals surface area contributed by atoms with Crippen molar-refractivity contribution in [2.45, 2.75) is 26.1 Å². The topological polar surface area (TPSA) is 87.8 Å². The fraction of sp³-hybridized carbons (Fsp3) is 0.375. The number of methoxy groups -OCH3 is 1. The van der Waals surface area contributed by atoms with Crippen LogP contribution in [0.25, 0.3) is 0 Å². The molecule has 2 atom stereocenters. The van der Waals surface area contributed by atoms with Crippen molar-refractivity contribution in [1.82, 2.24) is 0 Å². The highest BCUT2D eigenvalue weighted by Crippen LogP contribution is 2.24. The third-order valence-electron chi connectivity index (χ3n) is 2.81. The smallest absolute Gasteiger partial charge is 0.303 e. The zero-order chi connectivity index (χ0) is 16.5.